The maximum absolute atomic E-state index is 11.5. The predicted octanol–water partition coefficient (Wildman–Crippen LogP) is 0.560. The minimum atomic E-state index is -0.675. The van der Waals surface area contributed by atoms with Crippen molar-refractivity contribution < 1.29 is 9.90 Å². The quantitative estimate of drug-likeness (QED) is 0.811. The van der Waals surface area contributed by atoms with Gasteiger partial charge in [-0.3, -0.25) is 14.6 Å². The number of rotatable bonds is 3. The summed E-state index contributed by atoms with van der Waals surface area (Å²) in [5.74, 6) is -0.675. The maximum Gasteiger partial charge on any atom is 0.322 e. The third kappa shape index (κ3) is 3.46. The first kappa shape index (κ1) is 14.8. The zero-order valence-corrected chi connectivity index (χ0v) is 12.4. The van der Waals surface area contributed by atoms with Crippen molar-refractivity contribution >= 4 is 5.97 Å². The molecular formula is C14H27N3O2. The van der Waals surface area contributed by atoms with Gasteiger partial charge in [-0.25, -0.2) is 0 Å². The lowest BCUT2D eigenvalue weighted by atomic mass is 10.0. The highest BCUT2D eigenvalue weighted by Crippen LogP contribution is 2.21. The molecule has 19 heavy (non-hydrogen) atoms. The van der Waals surface area contributed by atoms with Gasteiger partial charge < -0.3 is 10.0 Å². The number of nitrogens with zero attached hydrogens (tertiary/aromatic N) is 3. The zero-order valence-electron chi connectivity index (χ0n) is 12.4. The average molecular weight is 269 g/mol. The minimum Gasteiger partial charge on any atom is -0.480 e. The highest BCUT2D eigenvalue weighted by Gasteiger charge is 2.36. The first-order valence-corrected chi connectivity index (χ1v) is 7.40. The highest BCUT2D eigenvalue weighted by molar-refractivity contribution is 5.74. The molecule has 2 rings (SSSR count). The summed E-state index contributed by atoms with van der Waals surface area (Å²) in [5.41, 5.74) is 0. The molecule has 2 saturated heterocycles. The standard InChI is InChI=1S/C14H27N3O2/c1-11(2)17-9-8-16(10-13(17)14(18)19)12-4-6-15(3)7-5-12/h11-13H,4-10H2,1-3H3,(H,18,19). The van der Waals surface area contributed by atoms with E-state index in [4.69, 9.17) is 0 Å². The molecule has 110 valence electrons. The lowest BCUT2D eigenvalue weighted by molar-refractivity contribution is -0.147. The minimum absolute atomic E-state index is 0.306. The third-order valence-corrected chi connectivity index (χ3v) is 4.61. The first-order chi connectivity index (χ1) is 8.99. The molecule has 1 atom stereocenters. The van der Waals surface area contributed by atoms with Crippen molar-refractivity contribution in [2.24, 2.45) is 0 Å². The van der Waals surface area contributed by atoms with Gasteiger partial charge in [0.25, 0.3) is 0 Å². The van der Waals surface area contributed by atoms with Crippen molar-refractivity contribution in [1.82, 2.24) is 14.7 Å². The zero-order chi connectivity index (χ0) is 14.0. The van der Waals surface area contributed by atoms with Crippen LogP contribution in [0, 0.1) is 0 Å². The van der Waals surface area contributed by atoms with E-state index in [2.05, 4.69) is 35.6 Å². The summed E-state index contributed by atoms with van der Waals surface area (Å²) < 4.78 is 0. The van der Waals surface area contributed by atoms with Crippen LogP contribution in [0.4, 0.5) is 0 Å². The molecule has 5 heteroatoms. The molecule has 2 fully saturated rings. The van der Waals surface area contributed by atoms with E-state index in [0.717, 1.165) is 26.2 Å². The molecule has 0 aromatic rings. The Kier molecular flexibility index (Phi) is 4.81. The van der Waals surface area contributed by atoms with E-state index in [1.807, 2.05) is 0 Å². The molecule has 2 aliphatic heterocycles. The molecule has 0 aliphatic carbocycles. The predicted molar refractivity (Wildman–Crippen MR) is 75.4 cm³/mol. The molecule has 1 N–H and O–H groups in total. The number of aliphatic carboxylic acids is 1. The summed E-state index contributed by atoms with van der Waals surface area (Å²) in [6.07, 6.45) is 2.34. The second kappa shape index (κ2) is 6.20. The van der Waals surface area contributed by atoms with Gasteiger partial charge in [0.2, 0.25) is 0 Å². The number of hydrogen-bond acceptors (Lipinski definition) is 4. The molecule has 2 heterocycles. The Hall–Kier alpha value is -0.650. The van der Waals surface area contributed by atoms with Crippen LogP contribution < -0.4 is 0 Å². The molecule has 5 nitrogen and oxygen atoms in total. The third-order valence-electron chi connectivity index (χ3n) is 4.61. The number of carbonyl (C=O) groups is 1. The summed E-state index contributed by atoms with van der Waals surface area (Å²) in [5, 5.41) is 9.44. The van der Waals surface area contributed by atoms with Crippen molar-refractivity contribution in [3.8, 4) is 0 Å². The number of carboxylic acid groups (broad SMARTS) is 1. The monoisotopic (exact) mass is 269 g/mol. The molecule has 0 saturated carbocycles. The van der Waals surface area contributed by atoms with Crippen molar-refractivity contribution in [2.75, 3.05) is 39.8 Å². The normalized spacial score (nSPS) is 28.9. The Morgan fingerprint density at radius 2 is 1.79 bits per heavy atom. The number of piperazine rings is 1. The van der Waals surface area contributed by atoms with Crippen molar-refractivity contribution in [1.29, 1.82) is 0 Å². The molecule has 0 radical (unpaired) electrons. The summed E-state index contributed by atoms with van der Waals surface area (Å²) in [4.78, 5) is 18.4. The molecule has 0 amide bonds. The van der Waals surface area contributed by atoms with Crippen LogP contribution in [0.1, 0.15) is 26.7 Å². The van der Waals surface area contributed by atoms with E-state index in [-0.39, 0.29) is 6.04 Å². The van der Waals surface area contributed by atoms with Gasteiger partial charge in [0, 0.05) is 31.7 Å². The summed E-state index contributed by atoms with van der Waals surface area (Å²) >= 11 is 0. The van der Waals surface area contributed by atoms with Gasteiger partial charge in [0.15, 0.2) is 0 Å². The SMILES string of the molecule is CC(C)N1CCN(C2CCN(C)CC2)CC1C(=O)O. The van der Waals surface area contributed by atoms with Crippen molar-refractivity contribution in [2.45, 2.75) is 44.8 Å². The topological polar surface area (TPSA) is 47.0 Å². The van der Waals surface area contributed by atoms with Crippen LogP contribution in [0.2, 0.25) is 0 Å². The fourth-order valence-electron chi connectivity index (χ4n) is 3.35. The Balaban J connectivity index is 1.96. The van der Waals surface area contributed by atoms with Gasteiger partial charge in [-0.15, -0.1) is 0 Å². The number of piperidine rings is 1. The molecular weight excluding hydrogens is 242 g/mol. The van der Waals surface area contributed by atoms with E-state index in [9.17, 15) is 9.90 Å². The fraction of sp³-hybridized carbons (Fsp3) is 0.929. The summed E-state index contributed by atoms with van der Waals surface area (Å²) in [7, 11) is 2.16. The van der Waals surface area contributed by atoms with Crippen LogP contribution in [0.3, 0.4) is 0 Å². The Morgan fingerprint density at radius 1 is 1.16 bits per heavy atom. The van der Waals surface area contributed by atoms with Crippen LogP contribution in [-0.2, 0) is 4.79 Å². The number of likely N-dealkylation sites (tertiary alicyclic amines) is 1. The molecule has 0 spiro atoms. The van der Waals surface area contributed by atoms with E-state index >= 15 is 0 Å². The Morgan fingerprint density at radius 3 is 2.32 bits per heavy atom. The lowest BCUT2D eigenvalue weighted by Crippen LogP contribution is -2.61. The van der Waals surface area contributed by atoms with E-state index < -0.39 is 5.97 Å². The van der Waals surface area contributed by atoms with Gasteiger partial charge >= 0.3 is 5.97 Å². The van der Waals surface area contributed by atoms with Crippen molar-refractivity contribution in [3.05, 3.63) is 0 Å². The largest absolute Gasteiger partial charge is 0.480 e. The molecule has 0 bridgehead atoms. The maximum atomic E-state index is 11.5. The molecule has 0 aromatic carbocycles. The van der Waals surface area contributed by atoms with Crippen LogP contribution >= 0.6 is 0 Å². The van der Waals surface area contributed by atoms with Crippen LogP contribution in [-0.4, -0.2) is 83.7 Å². The van der Waals surface area contributed by atoms with Gasteiger partial charge in [-0.1, -0.05) is 0 Å². The second-order valence-corrected chi connectivity index (χ2v) is 6.21. The average Bonchev–Trinajstić information content (AvgIpc) is 2.38. The first-order valence-electron chi connectivity index (χ1n) is 7.40. The van der Waals surface area contributed by atoms with Crippen molar-refractivity contribution in [3.63, 3.8) is 0 Å². The fourth-order valence-corrected chi connectivity index (χ4v) is 3.35. The van der Waals surface area contributed by atoms with Gasteiger partial charge in [0.1, 0.15) is 6.04 Å². The van der Waals surface area contributed by atoms with E-state index in [0.29, 0.717) is 18.6 Å². The van der Waals surface area contributed by atoms with Gasteiger partial charge in [0.05, 0.1) is 0 Å². The summed E-state index contributed by atoms with van der Waals surface area (Å²) in [6.45, 7) is 9.00. The van der Waals surface area contributed by atoms with Crippen LogP contribution in [0.25, 0.3) is 0 Å². The molecule has 2 aliphatic rings. The van der Waals surface area contributed by atoms with Crippen LogP contribution in [0.5, 0.6) is 0 Å². The van der Waals surface area contributed by atoms with Crippen LogP contribution in [0.15, 0.2) is 0 Å². The lowest BCUT2D eigenvalue weighted by Gasteiger charge is -2.46. The smallest absolute Gasteiger partial charge is 0.322 e. The molecule has 1 unspecified atom stereocenters. The van der Waals surface area contributed by atoms with E-state index in [1.165, 1.54) is 12.8 Å². The highest BCUT2D eigenvalue weighted by atomic mass is 16.4. The molecule has 0 aromatic heterocycles. The van der Waals surface area contributed by atoms with Gasteiger partial charge in [-0.05, 0) is 46.8 Å². The Bertz CT molecular complexity index is 314. The van der Waals surface area contributed by atoms with E-state index in [1.54, 1.807) is 0 Å². The summed E-state index contributed by atoms with van der Waals surface area (Å²) in [6, 6.07) is 0.543. The second-order valence-electron chi connectivity index (χ2n) is 6.21. The Labute approximate surface area is 116 Å². The number of carboxylic acids is 1. The van der Waals surface area contributed by atoms with Gasteiger partial charge in [-0.2, -0.15) is 0 Å². The number of hydrogen-bond donors (Lipinski definition) is 1.